The van der Waals surface area contributed by atoms with Crippen LogP contribution >= 0.6 is 11.8 Å². The number of anilines is 1. The molecule has 32 heavy (non-hydrogen) atoms. The number of carbonyl (C=O) groups excluding carboxylic acids is 3. The fourth-order valence-electron chi connectivity index (χ4n) is 3.46. The summed E-state index contributed by atoms with van der Waals surface area (Å²) in [7, 11) is 1.29. The maximum atomic E-state index is 12.5. The summed E-state index contributed by atoms with van der Waals surface area (Å²) in [5, 5.41) is 2.73. The molecule has 0 saturated carbocycles. The van der Waals surface area contributed by atoms with Crippen molar-refractivity contribution in [1.29, 1.82) is 0 Å². The highest BCUT2D eigenvalue weighted by Gasteiger charge is 2.33. The molecule has 2 aliphatic heterocycles. The van der Waals surface area contributed by atoms with Crippen LogP contribution in [0, 0.1) is 0 Å². The average molecular weight is 471 g/mol. The Bertz CT molecular complexity index is 901. The third kappa shape index (κ3) is 6.72. The number of hydrogen-bond donors (Lipinski definition) is 1. The molecular formula is C21H25F3N4O3S. The minimum Gasteiger partial charge on any atom is -0.351 e. The molecule has 0 aliphatic carbocycles. The van der Waals surface area contributed by atoms with Gasteiger partial charge in [-0.2, -0.15) is 18.2 Å². The van der Waals surface area contributed by atoms with E-state index >= 15 is 0 Å². The molecule has 0 bridgehead atoms. The van der Waals surface area contributed by atoms with Gasteiger partial charge < -0.3 is 15.1 Å². The molecule has 7 nitrogen and oxygen atoms in total. The molecule has 0 spiro atoms. The zero-order valence-electron chi connectivity index (χ0n) is 17.7. The van der Waals surface area contributed by atoms with Crippen molar-refractivity contribution in [3.63, 3.8) is 0 Å². The van der Waals surface area contributed by atoms with Crippen molar-refractivity contribution in [2.24, 2.45) is 4.99 Å². The van der Waals surface area contributed by atoms with Gasteiger partial charge in [-0.15, -0.1) is 0 Å². The predicted octanol–water partition coefficient (Wildman–Crippen LogP) is 3.52. The van der Waals surface area contributed by atoms with Crippen LogP contribution in [0.3, 0.4) is 0 Å². The molecule has 2 aliphatic rings. The molecule has 11 heteroatoms. The van der Waals surface area contributed by atoms with Gasteiger partial charge in [0.15, 0.2) is 5.17 Å². The lowest BCUT2D eigenvalue weighted by Crippen LogP contribution is -2.33. The topological polar surface area (TPSA) is 82.1 Å². The van der Waals surface area contributed by atoms with Crippen molar-refractivity contribution >= 4 is 40.3 Å². The number of halogens is 3. The minimum absolute atomic E-state index is 0.0615. The highest BCUT2D eigenvalue weighted by Crippen LogP contribution is 2.29. The highest BCUT2D eigenvalue weighted by atomic mass is 32.2. The number of piperidine rings is 1. The van der Waals surface area contributed by atoms with Gasteiger partial charge in [0.1, 0.15) is 5.25 Å². The number of carbonyl (C=O) groups is 3. The number of amidine groups is 1. The van der Waals surface area contributed by atoms with E-state index in [0.717, 1.165) is 37.3 Å². The summed E-state index contributed by atoms with van der Waals surface area (Å²) >= 11 is 1.30. The standard InChI is InChI=1S/C21H25F3N4O3S/c1-27(11-8-21(22,23)24)19(31)14-6-5-7-15(12-14)25-17(29)13-16-18(30)26-20(32-16)28-9-3-2-4-10-28/h5-7,12,16H,2-4,8-11,13H2,1H3,(H,25,29). The Kier molecular flexibility index (Phi) is 7.81. The zero-order chi connectivity index (χ0) is 23.3. The van der Waals surface area contributed by atoms with Crippen LogP contribution in [-0.2, 0) is 9.59 Å². The predicted molar refractivity (Wildman–Crippen MR) is 117 cm³/mol. The van der Waals surface area contributed by atoms with Crippen LogP contribution in [0.1, 0.15) is 42.5 Å². The Hall–Kier alpha value is -2.56. The molecule has 1 aromatic carbocycles. The van der Waals surface area contributed by atoms with Crippen LogP contribution in [0.4, 0.5) is 18.9 Å². The van der Waals surface area contributed by atoms with E-state index in [9.17, 15) is 27.6 Å². The van der Waals surface area contributed by atoms with E-state index in [2.05, 4.69) is 15.2 Å². The van der Waals surface area contributed by atoms with Crippen LogP contribution in [0.15, 0.2) is 29.3 Å². The summed E-state index contributed by atoms with van der Waals surface area (Å²) in [6.45, 7) is 1.26. The average Bonchev–Trinajstić information content (AvgIpc) is 3.11. The monoisotopic (exact) mass is 470 g/mol. The van der Waals surface area contributed by atoms with Gasteiger partial charge in [0.25, 0.3) is 11.8 Å². The summed E-state index contributed by atoms with van der Waals surface area (Å²) < 4.78 is 37.2. The zero-order valence-corrected chi connectivity index (χ0v) is 18.5. The lowest BCUT2D eigenvalue weighted by atomic mass is 10.1. The van der Waals surface area contributed by atoms with E-state index in [-0.39, 0.29) is 17.9 Å². The lowest BCUT2D eigenvalue weighted by Gasteiger charge is -2.27. The highest BCUT2D eigenvalue weighted by molar-refractivity contribution is 8.15. The second kappa shape index (κ2) is 10.4. The fourth-order valence-corrected chi connectivity index (χ4v) is 4.57. The van der Waals surface area contributed by atoms with Gasteiger partial charge in [-0.1, -0.05) is 17.8 Å². The molecule has 1 unspecified atom stereocenters. The lowest BCUT2D eigenvalue weighted by molar-refractivity contribution is -0.136. The van der Waals surface area contributed by atoms with Crippen LogP contribution in [0.2, 0.25) is 0 Å². The first-order valence-corrected chi connectivity index (χ1v) is 11.3. The quantitative estimate of drug-likeness (QED) is 0.688. The SMILES string of the molecule is CN(CCC(F)(F)F)C(=O)c1cccc(NC(=O)CC2SC(N3CCCCC3)=NC2=O)c1. The number of hydrogen-bond acceptors (Lipinski definition) is 5. The third-order valence-electron chi connectivity index (χ3n) is 5.20. The summed E-state index contributed by atoms with van der Waals surface area (Å²) in [6, 6.07) is 5.98. The number of benzene rings is 1. The van der Waals surface area contributed by atoms with Crippen LogP contribution in [-0.4, -0.2) is 70.8 Å². The van der Waals surface area contributed by atoms with Crippen LogP contribution in [0.25, 0.3) is 0 Å². The van der Waals surface area contributed by atoms with Crippen molar-refractivity contribution in [3.8, 4) is 0 Å². The Morgan fingerprint density at radius 1 is 1.25 bits per heavy atom. The van der Waals surface area contributed by atoms with Gasteiger partial charge in [-0.3, -0.25) is 14.4 Å². The van der Waals surface area contributed by atoms with Crippen molar-refractivity contribution in [1.82, 2.24) is 9.80 Å². The van der Waals surface area contributed by atoms with E-state index in [0.29, 0.717) is 10.9 Å². The van der Waals surface area contributed by atoms with Crippen molar-refractivity contribution in [2.45, 2.75) is 43.5 Å². The van der Waals surface area contributed by atoms with Crippen LogP contribution < -0.4 is 5.32 Å². The fraction of sp³-hybridized carbons (Fsp3) is 0.524. The molecule has 174 valence electrons. The number of nitrogens with one attached hydrogen (secondary N) is 1. The summed E-state index contributed by atoms with van der Waals surface area (Å²) in [5.41, 5.74) is 0.493. The Labute approximate surface area is 188 Å². The Morgan fingerprint density at radius 2 is 1.97 bits per heavy atom. The molecule has 3 amide bonds. The first kappa shape index (κ1) is 24.1. The Balaban J connectivity index is 1.53. The number of aliphatic imine (C=N–C) groups is 1. The number of nitrogens with zero attached hydrogens (tertiary/aromatic N) is 3. The maximum Gasteiger partial charge on any atom is 0.390 e. The van der Waals surface area contributed by atoms with Crippen molar-refractivity contribution in [2.75, 3.05) is 32.0 Å². The summed E-state index contributed by atoms with van der Waals surface area (Å²) in [6.07, 6.45) is -2.24. The largest absolute Gasteiger partial charge is 0.390 e. The molecule has 3 rings (SSSR count). The molecule has 0 radical (unpaired) electrons. The summed E-state index contributed by atoms with van der Waals surface area (Å²) in [4.78, 5) is 44.2. The van der Waals surface area contributed by atoms with Gasteiger partial charge in [0.2, 0.25) is 5.91 Å². The number of alkyl halides is 3. The van der Waals surface area contributed by atoms with Crippen molar-refractivity contribution in [3.05, 3.63) is 29.8 Å². The van der Waals surface area contributed by atoms with E-state index in [4.69, 9.17) is 0 Å². The van der Waals surface area contributed by atoms with E-state index in [1.807, 2.05) is 0 Å². The van der Waals surface area contributed by atoms with E-state index in [1.165, 1.54) is 37.0 Å². The summed E-state index contributed by atoms with van der Waals surface area (Å²) in [5.74, 6) is -1.31. The first-order chi connectivity index (χ1) is 15.1. The number of likely N-dealkylation sites (tertiary alicyclic amines) is 1. The first-order valence-electron chi connectivity index (χ1n) is 10.4. The molecule has 0 aromatic heterocycles. The third-order valence-corrected chi connectivity index (χ3v) is 6.41. The second-order valence-corrected chi connectivity index (χ2v) is 8.98. The van der Waals surface area contributed by atoms with Crippen molar-refractivity contribution < 1.29 is 27.6 Å². The molecule has 1 saturated heterocycles. The molecule has 1 aromatic rings. The molecule has 2 heterocycles. The Morgan fingerprint density at radius 3 is 2.66 bits per heavy atom. The molecular weight excluding hydrogens is 445 g/mol. The number of rotatable bonds is 6. The second-order valence-electron chi connectivity index (χ2n) is 7.81. The molecule has 1 N–H and O–H groups in total. The smallest absolute Gasteiger partial charge is 0.351 e. The molecule has 1 atom stereocenters. The van der Waals surface area contributed by atoms with E-state index < -0.39 is 36.2 Å². The molecule has 1 fully saturated rings. The minimum atomic E-state index is -4.35. The normalized spacial score (nSPS) is 19.0. The van der Waals surface area contributed by atoms with E-state index in [1.54, 1.807) is 6.07 Å². The number of amides is 3. The van der Waals surface area contributed by atoms with Gasteiger partial charge in [0.05, 0.1) is 6.42 Å². The van der Waals surface area contributed by atoms with Gasteiger partial charge in [0, 0.05) is 44.4 Å². The number of thioether (sulfide) groups is 1. The van der Waals surface area contributed by atoms with Crippen LogP contribution in [0.5, 0.6) is 0 Å². The van der Waals surface area contributed by atoms with Gasteiger partial charge in [-0.05, 0) is 37.5 Å². The maximum absolute atomic E-state index is 12.5. The van der Waals surface area contributed by atoms with Gasteiger partial charge in [-0.25, -0.2) is 0 Å². The van der Waals surface area contributed by atoms with Gasteiger partial charge >= 0.3 is 6.18 Å².